The molecule has 2 rings (SSSR count). The predicted octanol–water partition coefficient (Wildman–Crippen LogP) is 3.68. The van der Waals surface area contributed by atoms with Crippen LogP contribution in [-0.4, -0.2) is 5.97 Å². The second kappa shape index (κ2) is 4.74. The van der Waals surface area contributed by atoms with E-state index in [4.69, 9.17) is 4.74 Å². The maximum atomic E-state index is 11.6. The summed E-state index contributed by atoms with van der Waals surface area (Å²) in [4.78, 5) is 11.6. The van der Waals surface area contributed by atoms with Gasteiger partial charge >= 0.3 is 5.97 Å². The zero-order valence-corrected chi connectivity index (χ0v) is 10.2. The van der Waals surface area contributed by atoms with Gasteiger partial charge in [-0.2, -0.15) is 0 Å². The molecule has 1 atom stereocenters. The van der Waals surface area contributed by atoms with Crippen molar-refractivity contribution in [3.63, 3.8) is 0 Å². The Morgan fingerprint density at radius 2 is 2.24 bits per heavy atom. The molecule has 0 aliphatic heterocycles. The Hall–Kier alpha value is -1.57. The number of carbonyl (C=O) groups is 1. The highest BCUT2D eigenvalue weighted by atomic mass is 16.5. The number of ether oxygens (including phenoxy) is 1. The van der Waals surface area contributed by atoms with Crippen molar-refractivity contribution >= 4 is 5.97 Å². The van der Waals surface area contributed by atoms with Crippen LogP contribution in [0.1, 0.15) is 32.6 Å². The SMILES string of the molecule is C=C(C)C(=O)OC1=CC=CC12C=CCCCC2. The van der Waals surface area contributed by atoms with Gasteiger partial charge in [0.25, 0.3) is 0 Å². The first-order valence-corrected chi connectivity index (χ1v) is 6.09. The fraction of sp³-hybridized carbons (Fsp3) is 0.400. The first-order chi connectivity index (χ1) is 8.14. The molecule has 2 aliphatic rings. The van der Waals surface area contributed by atoms with Crippen molar-refractivity contribution in [2.24, 2.45) is 5.41 Å². The van der Waals surface area contributed by atoms with Crippen molar-refractivity contribution in [2.75, 3.05) is 0 Å². The van der Waals surface area contributed by atoms with Crippen molar-refractivity contribution in [3.8, 4) is 0 Å². The summed E-state index contributed by atoms with van der Waals surface area (Å²) in [6.07, 6.45) is 14.8. The van der Waals surface area contributed by atoms with E-state index in [0.29, 0.717) is 5.57 Å². The quantitative estimate of drug-likeness (QED) is 0.411. The molecule has 0 aromatic rings. The maximum absolute atomic E-state index is 11.6. The molecule has 0 amide bonds. The number of carbonyl (C=O) groups excluding carboxylic acids is 1. The van der Waals surface area contributed by atoms with Crippen molar-refractivity contribution < 1.29 is 9.53 Å². The smallest absolute Gasteiger partial charge is 0.338 e. The van der Waals surface area contributed by atoms with Gasteiger partial charge in [-0.05, 0) is 32.3 Å². The van der Waals surface area contributed by atoms with E-state index in [-0.39, 0.29) is 11.4 Å². The lowest BCUT2D eigenvalue weighted by atomic mass is 9.83. The van der Waals surface area contributed by atoms with E-state index in [0.717, 1.165) is 25.0 Å². The van der Waals surface area contributed by atoms with Gasteiger partial charge in [0, 0.05) is 5.57 Å². The average molecular weight is 230 g/mol. The van der Waals surface area contributed by atoms with E-state index in [1.807, 2.05) is 12.2 Å². The van der Waals surface area contributed by atoms with Crippen LogP contribution in [0.2, 0.25) is 0 Å². The van der Waals surface area contributed by atoms with Crippen LogP contribution in [0.25, 0.3) is 0 Å². The molecule has 0 radical (unpaired) electrons. The minimum atomic E-state index is -0.336. The molecular formula is C15H18O2. The Kier molecular flexibility index (Phi) is 3.32. The van der Waals surface area contributed by atoms with E-state index in [1.165, 1.54) is 6.42 Å². The first-order valence-electron chi connectivity index (χ1n) is 6.09. The van der Waals surface area contributed by atoms with Crippen LogP contribution in [0.5, 0.6) is 0 Å². The summed E-state index contributed by atoms with van der Waals surface area (Å²) >= 11 is 0. The highest BCUT2D eigenvalue weighted by molar-refractivity contribution is 5.88. The molecule has 1 unspecified atom stereocenters. The van der Waals surface area contributed by atoms with Crippen LogP contribution in [0.3, 0.4) is 0 Å². The van der Waals surface area contributed by atoms with Gasteiger partial charge in [-0.25, -0.2) is 4.79 Å². The molecule has 0 saturated carbocycles. The molecule has 0 fully saturated rings. The molecule has 2 nitrogen and oxygen atoms in total. The second-order valence-electron chi connectivity index (χ2n) is 4.75. The largest absolute Gasteiger partial charge is 0.426 e. The monoisotopic (exact) mass is 230 g/mol. The maximum Gasteiger partial charge on any atom is 0.338 e. The summed E-state index contributed by atoms with van der Waals surface area (Å²) in [5, 5.41) is 0. The van der Waals surface area contributed by atoms with Gasteiger partial charge in [-0.3, -0.25) is 0 Å². The van der Waals surface area contributed by atoms with Crippen molar-refractivity contribution in [1.82, 2.24) is 0 Å². The zero-order chi connectivity index (χ0) is 12.3. The van der Waals surface area contributed by atoms with Gasteiger partial charge in [0.1, 0.15) is 5.76 Å². The summed E-state index contributed by atoms with van der Waals surface area (Å²) in [7, 11) is 0. The molecule has 0 aromatic heterocycles. The third-order valence-corrected chi connectivity index (χ3v) is 3.28. The van der Waals surface area contributed by atoms with Gasteiger partial charge in [0.15, 0.2) is 0 Å². The highest BCUT2D eigenvalue weighted by Crippen LogP contribution is 2.42. The van der Waals surface area contributed by atoms with Crippen LogP contribution < -0.4 is 0 Å². The van der Waals surface area contributed by atoms with Crippen LogP contribution >= 0.6 is 0 Å². The molecule has 0 saturated heterocycles. The number of hydrogen-bond donors (Lipinski definition) is 0. The van der Waals surface area contributed by atoms with Gasteiger partial charge in [-0.15, -0.1) is 0 Å². The zero-order valence-electron chi connectivity index (χ0n) is 10.2. The average Bonchev–Trinajstić information content (AvgIpc) is 2.52. The topological polar surface area (TPSA) is 26.3 Å². The van der Waals surface area contributed by atoms with Crippen molar-refractivity contribution in [1.29, 1.82) is 0 Å². The van der Waals surface area contributed by atoms with Gasteiger partial charge in [0.2, 0.25) is 0 Å². The fourth-order valence-corrected chi connectivity index (χ4v) is 2.26. The number of allylic oxidation sites excluding steroid dienone is 4. The summed E-state index contributed by atoms with van der Waals surface area (Å²) < 4.78 is 5.43. The lowest BCUT2D eigenvalue weighted by Gasteiger charge is -2.25. The van der Waals surface area contributed by atoms with Crippen LogP contribution in [-0.2, 0) is 9.53 Å². The molecule has 0 heterocycles. The van der Waals surface area contributed by atoms with Crippen molar-refractivity contribution in [2.45, 2.75) is 32.6 Å². The molecule has 0 bridgehead atoms. The molecule has 90 valence electrons. The summed E-state index contributed by atoms with van der Waals surface area (Å²) in [5.41, 5.74) is 0.243. The predicted molar refractivity (Wildman–Crippen MR) is 68.2 cm³/mol. The number of esters is 1. The van der Waals surface area contributed by atoms with E-state index in [2.05, 4.69) is 24.8 Å². The molecule has 2 aliphatic carbocycles. The molecule has 2 heteroatoms. The third-order valence-electron chi connectivity index (χ3n) is 3.28. The summed E-state index contributed by atoms with van der Waals surface area (Å²) in [6, 6.07) is 0. The van der Waals surface area contributed by atoms with Gasteiger partial charge < -0.3 is 4.74 Å². The lowest BCUT2D eigenvalue weighted by molar-refractivity contribution is -0.136. The molecule has 1 spiro atoms. The van der Waals surface area contributed by atoms with Gasteiger partial charge in [-0.1, -0.05) is 37.3 Å². The van der Waals surface area contributed by atoms with Crippen molar-refractivity contribution in [3.05, 3.63) is 48.3 Å². The van der Waals surface area contributed by atoms with Gasteiger partial charge in [0.05, 0.1) is 5.41 Å². The van der Waals surface area contributed by atoms with Crippen LogP contribution in [0.4, 0.5) is 0 Å². The fourth-order valence-electron chi connectivity index (χ4n) is 2.26. The Labute approximate surface area is 102 Å². The first kappa shape index (κ1) is 11.9. The Morgan fingerprint density at radius 1 is 1.41 bits per heavy atom. The molecule has 0 aromatic carbocycles. The second-order valence-corrected chi connectivity index (χ2v) is 4.75. The van der Waals surface area contributed by atoms with E-state index < -0.39 is 0 Å². The van der Waals surface area contributed by atoms with E-state index in [1.54, 1.807) is 6.92 Å². The Bertz CT molecular complexity index is 426. The Morgan fingerprint density at radius 3 is 3.00 bits per heavy atom. The molecular weight excluding hydrogens is 212 g/mol. The number of rotatable bonds is 2. The van der Waals surface area contributed by atoms with E-state index >= 15 is 0 Å². The third kappa shape index (κ3) is 2.41. The Balaban J connectivity index is 2.18. The van der Waals surface area contributed by atoms with Crippen LogP contribution in [0, 0.1) is 5.41 Å². The van der Waals surface area contributed by atoms with E-state index in [9.17, 15) is 4.79 Å². The highest BCUT2D eigenvalue weighted by Gasteiger charge is 2.34. The number of hydrogen-bond acceptors (Lipinski definition) is 2. The lowest BCUT2D eigenvalue weighted by Crippen LogP contribution is -2.20. The molecule has 0 N–H and O–H groups in total. The summed E-state index contributed by atoms with van der Waals surface area (Å²) in [5.74, 6) is 0.403. The molecule has 17 heavy (non-hydrogen) atoms. The minimum Gasteiger partial charge on any atom is -0.426 e. The standard InChI is InChI=1S/C15H18O2/c1-12(2)14(16)17-13-8-7-11-15(13)9-5-3-4-6-10-15/h5,7-9,11H,1,3-4,6,10H2,2H3. The minimum absolute atomic E-state index is 0.193. The van der Waals surface area contributed by atoms with Crippen LogP contribution in [0.15, 0.2) is 48.3 Å². The summed E-state index contributed by atoms with van der Waals surface area (Å²) in [6.45, 7) is 5.28. The normalized spacial score (nSPS) is 26.8.